The standard InChI is InChI=1S/C11H10ClF3O3/c12-4-5-18-9(10(16)17)7-2-1-3-8(6-7)11(13,14)15/h1-3,6,9H,4-5H2,(H,16,17). The van der Waals surface area contributed by atoms with Gasteiger partial charge in [0.1, 0.15) is 0 Å². The lowest BCUT2D eigenvalue weighted by molar-refractivity contribution is -0.151. The second kappa shape index (κ2) is 6.06. The van der Waals surface area contributed by atoms with Gasteiger partial charge in [-0.05, 0) is 17.7 Å². The number of carboxylic acids is 1. The van der Waals surface area contributed by atoms with Gasteiger partial charge in [0.2, 0.25) is 0 Å². The van der Waals surface area contributed by atoms with E-state index in [-0.39, 0.29) is 18.1 Å². The van der Waals surface area contributed by atoms with Gasteiger partial charge in [-0.3, -0.25) is 0 Å². The minimum Gasteiger partial charge on any atom is -0.479 e. The average molecular weight is 283 g/mol. The lowest BCUT2D eigenvalue weighted by Gasteiger charge is -2.15. The summed E-state index contributed by atoms with van der Waals surface area (Å²) in [5.74, 6) is -1.30. The molecule has 3 nitrogen and oxygen atoms in total. The van der Waals surface area contributed by atoms with Crippen molar-refractivity contribution in [3.63, 3.8) is 0 Å². The fraction of sp³-hybridized carbons (Fsp3) is 0.364. The Hall–Kier alpha value is -1.27. The summed E-state index contributed by atoms with van der Waals surface area (Å²) in [6.07, 6.45) is -5.98. The molecule has 0 aliphatic rings. The van der Waals surface area contributed by atoms with Crippen LogP contribution in [0.25, 0.3) is 0 Å². The summed E-state index contributed by atoms with van der Waals surface area (Å²) >= 11 is 5.34. The molecule has 0 aliphatic heterocycles. The van der Waals surface area contributed by atoms with Crippen LogP contribution in [0.1, 0.15) is 17.2 Å². The first-order valence-corrected chi connectivity index (χ1v) is 5.47. The fourth-order valence-electron chi connectivity index (χ4n) is 1.35. The average Bonchev–Trinajstić information content (AvgIpc) is 2.28. The lowest BCUT2D eigenvalue weighted by atomic mass is 10.1. The number of ether oxygens (including phenoxy) is 1. The molecule has 1 atom stereocenters. The molecule has 0 saturated heterocycles. The number of hydrogen-bond donors (Lipinski definition) is 1. The first-order valence-electron chi connectivity index (χ1n) is 4.94. The van der Waals surface area contributed by atoms with Crippen LogP contribution in [-0.4, -0.2) is 23.6 Å². The van der Waals surface area contributed by atoms with Crippen LogP contribution < -0.4 is 0 Å². The van der Waals surface area contributed by atoms with Gasteiger partial charge in [-0.2, -0.15) is 13.2 Å². The Morgan fingerprint density at radius 1 is 1.44 bits per heavy atom. The van der Waals surface area contributed by atoms with Gasteiger partial charge in [0, 0.05) is 5.88 Å². The molecule has 0 saturated carbocycles. The van der Waals surface area contributed by atoms with Gasteiger partial charge in [-0.25, -0.2) is 4.79 Å². The Morgan fingerprint density at radius 2 is 2.11 bits per heavy atom. The number of aliphatic carboxylic acids is 1. The van der Waals surface area contributed by atoms with Gasteiger partial charge in [-0.1, -0.05) is 12.1 Å². The number of alkyl halides is 4. The van der Waals surface area contributed by atoms with E-state index in [9.17, 15) is 18.0 Å². The van der Waals surface area contributed by atoms with E-state index < -0.39 is 23.8 Å². The Kier molecular flexibility index (Phi) is 4.98. The van der Waals surface area contributed by atoms with Crippen LogP contribution in [0.2, 0.25) is 0 Å². The van der Waals surface area contributed by atoms with Gasteiger partial charge < -0.3 is 9.84 Å². The number of carboxylic acid groups (broad SMARTS) is 1. The summed E-state index contributed by atoms with van der Waals surface area (Å²) in [6, 6.07) is 4.03. The highest BCUT2D eigenvalue weighted by molar-refractivity contribution is 6.17. The van der Waals surface area contributed by atoms with E-state index in [4.69, 9.17) is 21.4 Å². The summed E-state index contributed by atoms with van der Waals surface area (Å²) in [5.41, 5.74) is -0.983. The van der Waals surface area contributed by atoms with Gasteiger partial charge >= 0.3 is 12.1 Å². The van der Waals surface area contributed by atoms with Crippen molar-refractivity contribution in [2.75, 3.05) is 12.5 Å². The van der Waals surface area contributed by atoms with Crippen LogP contribution in [-0.2, 0) is 15.7 Å². The van der Waals surface area contributed by atoms with Gasteiger partial charge in [-0.15, -0.1) is 11.6 Å². The summed E-state index contributed by atoms with van der Waals surface area (Å²) in [7, 11) is 0. The zero-order valence-electron chi connectivity index (χ0n) is 9.08. The van der Waals surface area contributed by atoms with Crippen LogP contribution in [0.4, 0.5) is 13.2 Å². The predicted octanol–water partition coefficient (Wildman–Crippen LogP) is 3.09. The molecule has 100 valence electrons. The molecule has 0 aromatic heterocycles. The van der Waals surface area contributed by atoms with E-state index in [0.717, 1.165) is 18.2 Å². The van der Waals surface area contributed by atoms with Crippen molar-refractivity contribution < 1.29 is 27.8 Å². The summed E-state index contributed by atoms with van der Waals surface area (Å²) in [6.45, 7) is -0.0607. The molecule has 1 rings (SSSR count). The highest BCUT2D eigenvalue weighted by Gasteiger charge is 2.32. The first-order chi connectivity index (χ1) is 8.36. The quantitative estimate of drug-likeness (QED) is 0.844. The van der Waals surface area contributed by atoms with Crippen molar-refractivity contribution in [2.45, 2.75) is 12.3 Å². The number of hydrogen-bond acceptors (Lipinski definition) is 2. The van der Waals surface area contributed by atoms with Crippen LogP contribution >= 0.6 is 11.6 Å². The second-order valence-corrected chi connectivity index (χ2v) is 3.78. The Labute approximate surface area is 106 Å². The SMILES string of the molecule is O=C(O)C(OCCCl)c1cccc(C(F)(F)F)c1. The molecule has 7 heteroatoms. The summed E-state index contributed by atoms with van der Waals surface area (Å²) in [4.78, 5) is 10.9. The number of halogens is 4. The number of benzene rings is 1. The number of rotatable bonds is 5. The maximum atomic E-state index is 12.5. The molecule has 0 fully saturated rings. The van der Waals surface area contributed by atoms with Crippen LogP contribution in [0.15, 0.2) is 24.3 Å². The minimum atomic E-state index is -4.52. The molecule has 1 unspecified atom stereocenters. The molecule has 0 spiro atoms. The Morgan fingerprint density at radius 3 is 2.61 bits per heavy atom. The van der Waals surface area contributed by atoms with Crippen molar-refractivity contribution in [2.24, 2.45) is 0 Å². The molecule has 1 N–H and O–H groups in total. The maximum Gasteiger partial charge on any atom is 0.416 e. The van der Waals surface area contributed by atoms with Crippen molar-refractivity contribution >= 4 is 17.6 Å². The van der Waals surface area contributed by atoms with Crippen molar-refractivity contribution in [3.8, 4) is 0 Å². The summed E-state index contributed by atoms with van der Waals surface area (Å²) in [5, 5.41) is 8.90. The third kappa shape index (κ3) is 3.89. The molecule has 18 heavy (non-hydrogen) atoms. The van der Waals surface area contributed by atoms with Crippen molar-refractivity contribution in [1.82, 2.24) is 0 Å². The second-order valence-electron chi connectivity index (χ2n) is 3.40. The van der Waals surface area contributed by atoms with Crippen LogP contribution in [0.5, 0.6) is 0 Å². The van der Waals surface area contributed by atoms with Gasteiger partial charge in [0.05, 0.1) is 12.2 Å². The van der Waals surface area contributed by atoms with Crippen LogP contribution in [0.3, 0.4) is 0 Å². The van der Waals surface area contributed by atoms with Crippen molar-refractivity contribution in [1.29, 1.82) is 0 Å². The van der Waals surface area contributed by atoms with E-state index in [2.05, 4.69) is 0 Å². The topological polar surface area (TPSA) is 46.5 Å². The number of carbonyl (C=O) groups is 1. The van der Waals surface area contributed by atoms with E-state index >= 15 is 0 Å². The van der Waals surface area contributed by atoms with E-state index in [1.807, 2.05) is 0 Å². The first kappa shape index (κ1) is 14.8. The fourth-order valence-corrected chi connectivity index (χ4v) is 1.44. The third-order valence-corrected chi connectivity index (χ3v) is 2.26. The third-order valence-electron chi connectivity index (χ3n) is 2.10. The van der Waals surface area contributed by atoms with Gasteiger partial charge in [0.25, 0.3) is 0 Å². The monoisotopic (exact) mass is 282 g/mol. The largest absolute Gasteiger partial charge is 0.479 e. The molecule has 0 amide bonds. The Bertz CT molecular complexity index is 420. The molecule has 1 aromatic carbocycles. The van der Waals surface area contributed by atoms with E-state index in [1.165, 1.54) is 6.07 Å². The van der Waals surface area contributed by atoms with Crippen molar-refractivity contribution in [3.05, 3.63) is 35.4 Å². The normalized spacial score (nSPS) is 13.3. The molecule has 0 radical (unpaired) electrons. The molecular formula is C11H10ClF3O3. The van der Waals surface area contributed by atoms with Crippen LogP contribution in [0, 0.1) is 0 Å². The highest BCUT2D eigenvalue weighted by Crippen LogP contribution is 2.31. The highest BCUT2D eigenvalue weighted by atomic mass is 35.5. The Balaban J connectivity index is 3.02. The van der Waals surface area contributed by atoms with E-state index in [1.54, 1.807) is 0 Å². The maximum absolute atomic E-state index is 12.5. The molecule has 1 aromatic rings. The molecule has 0 aliphatic carbocycles. The molecule has 0 bridgehead atoms. The lowest BCUT2D eigenvalue weighted by Crippen LogP contribution is -2.17. The predicted molar refractivity (Wildman–Crippen MR) is 58.5 cm³/mol. The minimum absolute atomic E-state index is 0.0583. The summed E-state index contributed by atoms with van der Waals surface area (Å²) < 4.78 is 42.3. The smallest absolute Gasteiger partial charge is 0.416 e. The molecule has 0 heterocycles. The zero-order chi connectivity index (χ0) is 13.8. The molecular weight excluding hydrogens is 273 g/mol. The zero-order valence-corrected chi connectivity index (χ0v) is 9.83. The van der Waals surface area contributed by atoms with E-state index in [0.29, 0.717) is 0 Å². The van der Waals surface area contributed by atoms with Gasteiger partial charge in [0.15, 0.2) is 6.10 Å².